The van der Waals surface area contributed by atoms with E-state index in [9.17, 15) is 19.8 Å². The highest BCUT2D eigenvalue weighted by Gasteiger charge is 2.24. The number of carbonyl (C=O) groups is 2. The van der Waals surface area contributed by atoms with E-state index < -0.39 is 18.2 Å². The first-order valence-electron chi connectivity index (χ1n) is 23.9. The van der Waals surface area contributed by atoms with Gasteiger partial charge in [0.2, 0.25) is 5.91 Å². The molecule has 326 valence electrons. The highest BCUT2D eigenvalue weighted by atomic mass is 16.5. The number of hydrogen-bond donors (Lipinski definition) is 3. The molecule has 56 heavy (non-hydrogen) atoms. The van der Waals surface area contributed by atoms with Gasteiger partial charge in [0, 0.05) is 6.42 Å². The van der Waals surface area contributed by atoms with E-state index >= 15 is 0 Å². The molecule has 0 heterocycles. The van der Waals surface area contributed by atoms with Gasteiger partial charge in [-0.05, 0) is 83.5 Å². The minimum absolute atomic E-state index is 0.0592. The van der Waals surface area contributed by atoms with Crippen LogP contribution in [0.1, 0.15) is 233 Å². The molecule has 0 aliphatic carbocycles. The highest BCUT2D eigenvalue weighted by Crippen LogP contribution is 2.17. The quantitative estimate of drug-likeness (QED) is 0.0325. The van der Waals surface area contributed by atoms with Crippen molar-refractivity contribution < 1.29 is 24.5 Å². The summed E-state index contributed by atoms with van der Waals surface area (Å²) in [4.78, 5) is 26.0. The smallest absolute Gasteiger partial charge is 0.306 e. The molecule has 0 radical (unpaired) electrons. The SMILES string of the molecule is CCCC/C=C\CCCCCCCC(=O)OC(CCCCCC/C=C\C/C=C\C/C=C\CCCCC)CC(=O)NC(CO)C(O)CCCCCCCCCCC. The second-order valence-electron chi connectivity index (χ2n) is 16.2. The monoisotopic (exact) mass is 786 g/mol. The van der Waals surface area contributed by atoms with E-state index in [2.05, 4.69) is 74.7 Å². The molecule has 6 heteroatoms. The first-order chi connectivity index (χ1) is 27.5. The van der Waals surface area contributed by atoms with Crippen LogP contribution in [0.25, 0.3) is 0 Å². The van der Waals surface area contributed by atoms with E-state index in [0.717, 1.165) is 89.9 Å². The fourth-order valence-corrected chi connectivity index (χ4v) is 6.95. The molecule has 3 unspecified atom stereocenters. The Balaban J connectivity index is 4.65. The summed E-state index contributed by atoms with van der Waals surface area (Å²) in [6.45, 7) is 6.38. The number of nitrogens with one attached hydrogen (secondary N) is 1. The Morgan fingerprint density at radius 1 is 0.518 bits per heavy atom. The van der Waals surface area contributed by atoms with Crippen molar-refractivity contribution in [1.29, 1.82) is 0 Å². The Morgan fingerprint density at radius 3 is 1.48 bits per heavy atom. The number of rotatable bonds is 42. The maximum atomic E-state index is 13.1. The largest absolute Gasteiger partial charge is 0.462 e. The lowest BCUT2D eigenvalue weighted by Crippen LogP contribution is -2.46. The fraction of sp³-hybridized carbons (Fsp3) is 0.800. The number of hydrogen-bond acceptors (Lipinski definition) is 5. The molecule has 0 aromatic carbocycles. The number of allylic oxidation sites excluding steroid dienone is 8. The molecule has 1 amide bonds. The normalized spacial score (nSPS) is 13.7. The van der Waals surface area contributed by atoms with E-state index in [0.29, 0.717) is 19.3 Å². The Bertz CT molecular complexity index is 972. The Morgan fingerprint density at radius 2 is 0.929 bits per heavy atom. The Kier molecular flexibility index (Phi) is 42.2. The summed E-state index contributed by atoms with van der Waals surface area (Å²) in [6, 6.07) is -0.708. The lowest BCUT2D eigenvalue weighted by atomic mass is 10.0. The minimum Gasteiger partial charge on any atom is -0.462 e. The van der Waals surface area contributed by atoms with Crippen molar-refractivity contribution in [3.05, 3.63) is 48.6 Å². The molecule has 0 aliphatic rings. The van der Waals surface area contributed by atoms with Crippen molar-refractivity contribution in [3.63, 3.8) is 0 Å². The van der Waals surface area contributed by atoms with Crippen molar-refractivity contribution in [2.75, 3.05) is 6.61 Å². The van der Waals surface area contributed by atoms with Crippen molar-refractivity contribution in [1.82, 2.24) is 5.32 Å². The summed E-state index contributed by atoms with van der Waals surface area (Å²) in [6.07, 6.45) is 51.7. The predicted molar refractivity (Wildman–Crippen MR) is 241 cm³/mol. The molecule has 0 aromatic rings. The molecule has 3 N–H and O–H groups in total. The first kappa shape index (κ1) is 53.8. The van der Waals surface area contributed by atoms with Crippen LogP contribution in [0, 0.1) is 0 Å². The molecular formula is C50H91NO5. The summed E-state index contributed by atoms with van der Waals surface area (Å²) >= 11 is 0. The second-order valence-corrected chi connectivity index (χ2v) is 16.2. The van der Waals surface area contributed by atoms with E-state index in [1.54, 1.807) is 0 Å². The van der Waals surface area contributed by atoms with Crippen molar-refractivity contribution in [2.24, 2.45) is 0 Å². The number of aliphatic hydroxyl groups is 2. The Labute approximate surface area is 346 Å². The summed E-state index contributed by atoms with van der Waals surface area (Å²) in [5.74, 6) is -0.508. The summed E-state index contributed by atoms with van der Waals surface area (Å²) in [5.41, 5.74) is 0. The molecular weight excluding hydrogens is 695 g/mol. The van der Waals surface area contributed by atoms with Crippen LogP contribution in [0.2, 0.25) is 0 Å². The molecule has 6 nitrogen and oxygen atoms in total. The number of unbranched alkanes of at least 4 members (excludes halogenated alkanes) is 22. The number of esters is 1. The van der Waals surface area contributed by atoms with Crippen molar-refractivity contribution in [2.45, 2.75) is 251 Å². The van der Waals surface area contributed by atoms with Gasteiger partial charge in [-0.3, -0.25) is 9.59 Å². The van der Waals surface area contributed by atoms with Gasteiger partial charge in [-0.2, -0.15) is 0 Å². The average molecular weight is 786 g/mol. The molecule has 0 fully saturated rings. The van der Waals surface area contributed by atoms with Gasteiger partial charge in [0.05, 0.1) is 25.2 Å². The maximum absolute atomic E-state index is 13.1. The van der Waals surface area contributed by atoms with Crippen LogP contribution in [-0.2, 0) is 14.3 Å². The molecule has 0 aromatic heterocycles. The summed E-state index contributed by atoms with van der Waals surface area (Å²) in [5, 5.41) is 23.6. The van der Waals surface area contributed by atoms with Gasteiger partial charge in [-0.1, -0.05) is 185 Å². The zero-order valence-electron chi connectivity index (χ0n) is 37.0. The van der Waals surface area contributed by atoms with Gasteiger partial charge in [0.15, 0.2) is 0 Å². The molecule has 0 saturated carbocycles. The van der Waals surface area contributed by atoms with Crippen LogP contribution in [0.15, 0.2) is 48.6 Å². The topological polar surface area (TPSA) is 95.9 Å². The molecule has 0 rings (SSSR count). The number of ether oxygens (including phenoxy) is 1. The average Bonchev–Trinajstić information content (AvgIpc) is 3.19. The van der Waals surface area contributed by atoms with Crippen LogP contribution in [0.4, 0.5) is 0 Å². The van der Waals surface area contributed by atoms with Gasteiger partial charge < -0.3 is 20.3 Å². The third-order valence-electron chi connectivity index (χ3n) is 10.6. The molecule has 0 spiro atoms. The fourth-order valence-electron chi connectivity index (χ4n) is 6.95. The van der Waals surface area contributed by atoms with Crippen LogP contribution >= 0.6 is 0 Å². The van der Waals surface area contributed by atoms with E-state index in [4.69, 9.17) is 4.74 Å². The van der Waals surface area contributed by atoms with Crippen LogP contribution in [0.5, 0.6) is 0 Å². The highest BCUT2D eigenvalue weighted by molar-refractivity contribution is 5.77. The standard InChI is InChI=1S/C50H91NO5/c1-4-7-10-13-16-19-21-22-23-24-25-26-28-30-32-35-38-41-46(56-50(55)43-40-37-34-31-27-20-17-14-11-8-5-2)44-49(54)51-47(45-52)48(53)42-39-36-33-29-18-15-12-9-6-3/h14,16-17,19,22-23,25-26,46-48,52-53H,4-13,15,18,20-21,24,27-45H2,1-3H3,(H,51,54)/b17-14-,19-16-,23-22-,26-25-. The minimum atomic E-state index is -0.793. The second kappa shape index (κ2) is 43.9. The first-order valence-corrected chi connectivity index (χ1v) is 23.9. The van der Waals surface area contributed by atoms with Gasteiger partial charge in [0.25, 0.3) is 0 Å². The van der Waals surface area contributed by atoms with Gasteiger partial charge in [0.1, 0.15) is 6.10 Å². The zero-order valence-corrected chi connectivity index (χ0v) is 37.0. The molecule has 0 saturated heterocycles. The van der Waals surface area contributed by atoms with Gasteiger partial charge in [-0.25, -0.2) is 0 Å². The Hall–Kier alpha value is -2.18. The van der Waals surface area contributed by atoms with Gasteiger partial charge in [-0.15, -0.1) is 0 Å². The number of carbonyl (C=O) groups excluding carboxylic acids is 2. The molecule has 3 atom stereocenters. The van der Waals surface area contributed by atoms with E-state index in [1.807, 2.05) is 0 Å². The van der Waals surface area contributed by atoms with Crippen molar-refractivity contribution in [3.8, 4) is 0 Å². The van der Waals surface area contributed by atoms with Crippen LogP contribution in [0.3, 0.4) is 0 Å². The van der Waals surface area contributed by atoms with E-state index in [-0.39, 0.29) is 24.9 Å². The van der Waals surface area contributed by atoms with Crippen molar-refractivity contribution >= 4 is 11.9 Å². The zero-order chi connectivity index (χ0) is 41.0. The summed E-state index contributed by atoms with van der Waals surface area (Å²) < 4.78 is 5.90. The number of amides is 1. The van der Waals surface area contributed by atoms with E-state index in [1.165, 1.54) is 96.3 Å². The maximum Gasteiger partial charge on any atom is 0.306 e. The summed E-state index contributed by atoms with van der Waals surface area (Å²) in [7, 11) is 0. The van der Waals surface area contributed by atoms with Crippen LogP contribution < -0.4 is 5.32 Å². The third-order valence-corrected chi connectivity index (χ3v) is 10.6. The number of aliphatic hydroxyl groups excluding tert-OH is 2. The molecule has 0 aliphatic heterocycles. The lowest BCUT2D eigenvalue weighted by Gasteiger charge is -2.24. The molecule has 0 bridgehead atoms. The van der Waals surface area contributed by atoms with Gasteiger partial charge >= 0.3 is 5.97 Å². The third kappa shape index (κ3) is 38.7. The lowest BCUT2D eigenvalue weighted by molar-refractivity contribution is -0.151. The van der Waals surface area contributed by atoms with Crippen LogP contribution in [-0.4, -0.2) is 46.9 Å². The predicted octanol–water partition coefficient (Wildman–Crippen LogP) is 13.9.